The molecule has 2 aliphatic rings. The van der Waals surface area contributed by atoms with E-state index < -0.39 is 0 Å². The van der Waals surface area contributed by atoms with Gasteiger partial charge in [0.25, 0.3) is 0 Å². The van der Waals surface area contributed by atoms with E-state index in [1.807, 2.05) is 0 Å². The molecule has 0 aromatic heterocycles. The first-order valence-corrected chi connectivity index (χ1v) is 8.01. The van der Waals surface area contributed by atoms with Crippen molar-refractivity contribution in [1.82, 2.24) is 4.90 Å². The molecule has 0 saturated heterocycles. The summed E-state index contributed by atoms with van der Waals surface area (Å²) in [7, 11) is 0. The standard InChI is InChI=1S/C16H32N2/c1-16(2,9-10-17)8-3-11-18(12-14-4-5-14)13-15-6-7-15/h14-15H,3-13,17H2,1-2H3. The van der Waals surface area contributed by atoms with Crippen LogP contribution in [0.3, 0.4) is 0 Å². The fourth-order valence-electron chi connectivity index (χ4n) is 2.89. The molecule has 2 aliphatic carbocycles. The summed E-state index contributed by atoms with van der Waals surface area (Å²) < 4.78 is 0. The van der Waals surface area contributed by atoms with Crippen LogP contribution in [0.25, 0.3) is 0 Å². The first-order chi connectivity index (χ1) is 8.59. The Morgan fingerprint density at radius 1 is 1.00 bits per heavy atom. The van der Waals surface area contributed by atoms with Crippen LogP contribution in [0.2, 0.25) is 0 Å². The van der Waals surface area contributed by atoms with E-state index in [0.29, 0.717) is 5.41 Å². The molecule has 0 amide bonds. The highest BCUT2D eigenvalue weighted by molar-refractivity contribution is 4.82. The number of rotatable bonds is 10. The molecule has 106 valence electrons. The molecule has 0 aliphatic heterocycles. The van der Waals surface area contributed by atoms with Crippen molar-refractivity contribution in [2.75, 3.05) is 26.2 Å². The van der Waals surface area contributed by atoms with E-state index in [4.69, 9.17) is 5.73 Å². The van der Waals surface area contributed by atoms with Crippen LogP contribution in [0.15, 0.2) is 0 Å². The van der Waals surface area contributed by atoms with Crippen LogP contribution in [-0.2, 0) is 0 Å². The quantitative estimate of drug-likeness (QED) is 0.646. The van der Waals surface area contributed by atoms with Crippen LogP contribution in [0, 0.1) is 17.3 Å². The number of nitrogens with zero attached hydrogens (tertiary/aromatic N) is 1. The fraction of sp³-hybridized carbons (Fsp3) is 1.00. The van der Waals surface area contributed by atoms with Crippen molar-refractivity contribution >= 4 is 0 Å². The molecule has 0 radical (unpaired) electrons. The molecule has 18 heavy (non-hydrogen) atoms. The lowest BCUT2D eigenvalue weighted by Gasteiger charge is -2.27. The minimum Gasteiger partial charge on any atom is -0.330 e. The van der Waals surface area contributed by atoms with Gasteiger partial charge in [-0.3, -0.25) is 0 Å². The smallest absolute Gasteiger partial charge is 0.000978 e. The molecular weight excluding hydrogens is 220 g/mol. The highest BCUT2D eigenvalue weighted by Crippen LogP contribution is 2.34. The molecular formula is C16H32N2. The molecule has 2 fully saturated rings. The maximum Gasteiger partial charge on any atom is 0.000978 e. The van der Waals surface area contributed by atoms with Crippen LogP contribution in [0.4, 0.5) is 0 Å². The van der Waals surface area contributed by atoms with Crippen LogP contribution in [0.1, 0.15) is 58.8 Å². The van der Waals surface area contributed by atoms with Gasteiger partial charge in [0.2, 0.25) is 0 Å². The SMILES string of the molecule is CC(C)(CCN)CCCN(CC1CC1)CC1CC1. The fourth-order valence-corrected chi connectivity index (χ4v) is 2.89. The van der Waals surface area contributed by atoms with E-state index in [9.17, 15) is 0 Å². The largest absolute Gasteiger partial charge is 0.330 e. The summed E-state index contributed by atoms with van der Waals surface area (Å²) in [5.74, 6) is 2.08. The maximum absolute atomic E-state index is 5.68. The predicted octanol–water partition coefficient (Wildman–Crippen LogP) is 3.26. The summed E-state index contributed by atoms with van der Waals surface area (Å²) >= 11 is 0. The molecule has 0 heterocycles. The third-order valence-corrected chi connectivity index (χ3v) is 4.58. The van der Waals surface area contributed by atoms with Crippen molar-refractivity contribution in [3.63, 3.8) is 0 Å². The van der Waals surface area contributed by atoms with Crippen molar-refractivity contribution in [3.05, 3.63) is 0 Å². The van der Waals surface area contributed by atoms with Crippen molar-refractivity contribution < 1.29 is 0 Å². The zero-order chi connectivity index (χ0) is 13.0. The Balaban J connectivity index is 1.63. The molecule has 0 bridgehead atoms. The molecule has 0 unspecified atom stereocenters. The lowest BCUT2D eigenvalue weighted by molar-refractivity contribution is 0.222. The Hall–Kier alpha value is -0.0800. The summed E-state index contributed by atoms with van der Waals surface area (Å²) in [6.45, 7) is 9.65. The first kappa shape index (κ1) is 14.3. The average Bonchev–Trinajstić information content (AvgIpc) is 3.12. The van der Waals surface area contributed by atoms with Gasteiger partial charge >= 0.3 is 0 Å². The summed E-state index contributed by atoms with van der Waals surface area (Å²) in [5, 5.41) is 0. The van der Waals surface area contributed by atoms with Gasteiger partial charge in [0.1, 0.15) is 0 Å². The number of hydrogen-bond donors (Lipinski definition) is 1. The van der Waals surface area contributed by atoms with E-state index >= 15 is 0 Å². The molecule has 2 N–H and O–H groups in total. The summed E-state index contributed by atoms with van der Waals surface area (Å²) in [6, 6.07) is 0. The van der Waals surface area contributed by atoms with Gasteiger partial charge in [-0.25, -0.2) is 0 Å². The molecule has 2 nitrogen and oxygen atoms in total. The van der Waals surface area contributed by atoms with Gasteiger partial charge in [-0.05, 0) is 75.3 Å². The van der Waals surface area contributed by atoms with Crippen molar-refractivity contribution in [2.24, 2.45) is 23.0 Å². The molecule has 0 spiro atoms. The summed E-state index contributed by atoms with van der Waals surface area (Å²) in [5.41, 5.74) is 6.13. The molecule has 0 aromatic carbocycles. The van der Waals surface area contributed by atoms with E-state index in [1.165, 1.54) is 58.2 Å². The molecule has 0 aromatic rings. The van der Waals surface area contributed by atoms with E-state index in [-0.39, 0.29) is 0 Å². The van der Waals surface area contributed by atoms with Gasteiger partial charge in [0, 0.05) is 13.1 Å². The van der Waals surface area contributed by atoms with Gasteiger partial charge in [-0.2, -0.15) is 0 Å². The summed E-state index contributed by atoms with van der Waals surface area (Å²) in [6.07, 6.45) is 9.79. The maximum atomic E-state index is 5.68. The van der Waals surface area contributed by atoms with E-state index in [2.05, 4.69) is 18.7 Å². The summed E-state index contributed by atoms with van der Waals surface area (Å²) in [4.78, 5) is 2.76. The van der Waals surface area contributed by atoms with Crippen LogP contribution >= 0.6 is 0 Å². The Labute approximate surface area is 113 Å². The molecule has 2 rings (SSSR count). The van der Waals surface area contributed by atoms with Gasteiger partial charge in [-0.1, -0.05) is 13.8 Å². The van der Waals surface area contributed by atoms with Gasteiger partial charge in [-0.15, -0.1) is 0 Å². The van der Waals surface area contributed by atoms with Crippen molar-refractivity contribution in [1.29, 1.82) is 0 Å². The first-order valence-electron chi connectivity index (χ1n) is 8.01. The molecule has 2 saturated carbocycles. The number of nitrogens with two attached hydrogens (primary N) is 1. The Morgan fingerprint density at radius 3 is 2.00 bits per heavy atom. The van der Waals surface area contributed by atoms with Crippen LogP contribution in [-0.4, -0.2) is 31.1 Å². The highest BCUT2D eigenvalue weighted by Gasteiger charge is 2.29. The van der Waals surface area contributed by atoms with E-state index in [1.54, 1.807) is 0 Å². The normalized spacial score (nSPS) is 20.7. The minimum atomic E-state index is 0.444. The lowest BCUT2D eigenvalue weighted by atomic mass is 9.84. The van der Waals surface area contributed by atoms with Crippen LogP contribution in [0.5, 0.6) is 0 Å². The second-order valence-electron chi connectivity index (χ2n) is 7.45. The zero-order valence-corrected chi connectivity index (χ0v) is 12.5. The van der Waals surface area contributed by atoms with Crippen molar-refractivity contribution in [2.45, 2.75) is 58.8 Å². The Morgan fingerprint density at radius 2 is 1.56 bits per heavy atom. The topological polar surface area (TPSA) is 29.3 Å². The average molecular weight is 252 g/mol. The lowest BCUT2D eigenvalue weighted by Crippen LogP contribution is -2.30. The molecule has 0 atom stereocenters. The Bertz CT molecular complexity index is 227. The monoisotopic (exact) mass is 252 g/mol. The minimum absolute atomic E-state index is 0.444. The third-order valence-electron chi connectivity index (χ3n) is 4.58. The van der Waals surface area contributed by atoms with Gasteiger partial charge < -0.3 is 10.6 Å². The zero-order valence-electron chi connectivity index (χ0n) is 12.5. The predicted molar refractivity (Wildman–Crippen MR) is 78.6 cm³/mol. The molecule has 2 heteroatoms. The van der Waals surface area contributed by atoms with Crippen LogP contribution < -0.4 is 5.73 Å². The second-order valence-corrected chi connectivity index (χ2v) is 7.45. The van der Waals surface area contributed by atoms with Gasteiger partial charge in [0.05, 0.1) is 0 Å². The van der Waals surface area contributed by atoms with E-state index in [0.717, 1.165) is 24.8 Å². The van der Waals surface area contributed by atoms with Crippen molar-refractivity contribution in [3.8, 4) is 0 Å². The highest BCUT2D eigenvalue weighted by atomic mass is 15.1. The second kappa shape index (κ2) is 6.38. The van der Waals surface area contributed by atoms with Gasteiger partial charge in [0.15, 0.2) is 0 Å². The Kier molecular flexibility index (Phi) is 5.08. The number of hydrogen-bond acceptors (Lipinski definition) is 2. The third kappa shape index (κ3) is 5.71.